The summed E-state index contributed by atoms with van der Waals surface area (Å²) in [5.74, 6) is 0. The summed E-state index contributed by atoms with van der Waals surface area (Å²) < 4.78 is 0. The number of rotatable bonds is 5. The predicted molar refractivity (Wildman–Crippen MR) is 55.8 cm³/mol. The van der Waals surface area contributed by atoms with Crippen molar-refractivity contribution in [2.75, 3.05) is 5.33 Å². The monoisotopic (exact) mass is 222 g/mol. The molecule has 0 atom stereocenters. The van der Waals surface area contributed by atoms with Gasteiger partial charge in [0.1, 0.15) is 0 Å². The summed E-state index contributed by atoms with van der Waals surface area (Å²) >= 11 is 3.54. The molecule has 0 rings (SSSR count). The quantitative estimate of drug-likeness (QED) is 0.490. The van der Waals surface area contributed by atoms with E-state index >= 15 is 0 Å². The van der Waals surface area contributed by atoms with Gasteiger partial charge in [0.15, 0.2) is 0 Å². The van der Waals surface area contributed by atoms with Crippen molar-refractivity contribution in [1.82, 2.24) is 0 Å². The molecule has 0 saturated heterocycles. The minimum Gasteiger partial charge on any atom is -0.0931 e. The molecule has 0 aliphatic rings. The molecule has 0 aromatic rings. The highest BCUT2D eigenvalue weighted by atomic mass is 79.9. The van der Waals surface area contributed by atoms with E-state index in [0.717, 1.165) is 0 Å². The number of halogens is 1. The summed E-state index contributed by atoms with van der Waals surface area (Å²) in [5.41, 5.74) is 0. The van der Waals surface area contributed by atoms with Gasteiger partial charge in [0.25, 0.3) is 0 Å². The van der Waals surface area contributed by atoms with Crippen molar-refractivity contribution in [2.24, 2.45) is 0 Å². The molecular weight excluding hydrogens is 204 g/mol. The van der Waals surface area contributed by atoms with Crippen LogP contribution in [0.1, 0.15) is 20.8 Å². The molecule has 0 heterocycles. The Balaban J connectivity index is 3.87. The van der Waals surface area contributed by atoms with Crippen LogP contribution < -0.4 is 0 Å². The predicted octanol–water partition coefficient (Wildman–Crippen LogP) is 3.89. The van der Waals surface area contributed by atoms with Gasteiger partial charge in [-0.1, -0.05) is 54.8 Å². The largest absolute Gasteiger partial charge is 0.0931 e. The molecule has 62 valence electrons. The van der Waals surface area contributed by atoms with Crippen LogP contribution in [0, 0.1) is 0 Å². The average Bonchev–Trinajstić information content (AvgIpc) is 2.01. The normalized spacial score (nSPS) is 12.0. The van der Waals surface area contributed by atoms with E-state index in [1.807, 2.05) is 0 Å². The Labute approximate surface area is 74.5 Å². The summed E-state index contributed by atoms with van der Waals surface area (Å²) in [6.45, 7) is 7.09. The maximum absolute atomic E-state index is 3.54. The lowest BCUT2D eigenvalue weighted by molar-refractivity contribution is 1.12. The zero-order chi connectivity index (χ0) is 8.04. The summed E-state index contributed by atoms with van der Waals surface area (Å²) in [5, 5.41) is 1.22. The van der Waals surface area contributed by atoms with Gasteiger partial charge in [-0.05, 0) is 6.04 Å². The molecular formula is C8H19BrSi. The maximum Gasteiger partial charge on any atom is 0.0535 e. The van der Waals surface area contributed by atoms with E-state index in [-0.39, 0.29) is 0 Å². The highest BCUT2D eigenvalue weighted by Gasteiger charge is 2.24. The van der Waals surface area contributed by atoms with E-state index in [0.29, 0.717) is 0 Å². The first-order chi connectivity index (χ1) is 4.74. The fraction of sp³-hybridized carbons (Fsp3) is 1.00. The van der Waals surface area contributed by atoms with Crippen LogP contribution in [-0.4, -0.2) is 13.4 Å². The zero-order valence-electron chi connectivity index (χ0n) is 7.41. The Morgan fingerprint density at radius 2 is 1.40 bits per heavy atom. The van der Waals surface area contributed by atoms with Crippen molar-refractivity contribution in [1.29, 1.82) is 0 Å². The molecule has 0 nitrogen and oxygen atoms in total. The first-order valence-electron chi connectivity index (χ1n) is 4.30. The third-order valence-electron chi connectivity index (χ3n) is 2.87. The lowest BCUT2D eigenvalue weighted by atomic mass is 10.9. The Morgan fingerprint density at radius 3 is 1.50 bits per heavy atom. The number of hydrogen-bond acceptors (Lipinski definition) is 0. The first-order valence-corrected chi connectivity index (χ1v) is 8.25. The molecule has 0 radical (unpaired) electrons. The summed E-state index contributed by atoms with van der Waals surface area (Å²) in [7, 11) is -0.764. The van der Waals surface area contributed by atoms with E-state index in [2.05, 4.69) is 36.7 Å². The molecule has 10 heavy (non-hydrogen) atoms. The van der Waals surface area contributed by atoms with Crippen LogP contribution in [0.2, 0.25) is 24.2 Å². The molecule has 0 aliphatic heterocycles. The van der Waals surface area contributed by atoms with Crippen LogP contribution in [0.5, 0.6) is 0 Å². The number of hydrogen-bond donors (Lipinski definition) is 0. The second-order valence-corrected chi connectivity index (χ2v) is 9.41. The van der Waals surface area contributed by atoms with Gasteiger partial charge in [-0.15, -0.1) is 0 Å². The van der Waals surface area contributed by atoms with E-state index in [9.17, 15) is 0 Å². The summed E-state index contributed by atoms with van der Waals surface area (Å²) in [6.07, 6.45) is 0. The zero-order valence-corrected chi connectivity index (χ0v) is 10.00. The van der Waals surface area contributed by atoms with Gasteiger partial charge in [-0.3, -0.25) is 0 Å². The van der Waals surface area contributed by atoms with Crippen LogP contribution in [0.3, 0.4) is 0 Å². The highest BCUT2D eigenvalue weighted by molar-refractivity contribution is 9.09. The minimum atomic E-state index is -0.764. The van der Waals surface area contributed by atoms with E-state index < -0.39 is 8.07 Å². The Kier molecular flexibility index (Phi) is 5.73. The van der Waals surface area contributed by atoms with Gasteiger partial charge in [0.2, 0.25) is 0 Å². The van der Waals surface area contributed by atoms with Gasteiger partial charge >= 0.3 is 0 Å². The molecule has 0 saturated carbocycles. The second-order valence-electron chi connectivity index (χ2n) is 3.00. The van der Waals surface area contributed by atoms with Gasteiger partial charge in [0, 0.05) is 5.33 Å². The third-order valence-corrected chi connectivity index (χ3v) is 9.81. The van der Waals surface area contributed by atoms with Crippen molar-refractivity contribution in [3.05, 3.63) is 0 Å². The molecule has 0 amide bonds. The fourth-order valence-corrected chi connectivity index (χ4v) is 6.97. The summed E-state index contributed by atoms with van der Waals surface area (Å²) in [6, 6.07) is 5.86. The Hall–Kier alpha value is 0.697. The molecule has 0 bridgehead atoms. The van der Waals surface area contributed by atoms with Crippen LogP contribution in [0.15, 0.2) is 0 Å². The Morgan fingerprint density at radius 1 is 1.00 bits per heavy atom. The van der Waals surface area contributed by atoms with Gasteiger partial charge in [0.05, 0.1) is 8.07 Å². The van der Waals surface area contributed by atoms with Crippen molar-refractivity contribution < 1.29 is 0 Å². The van der Waals surface area contributed by atoms with Crippen molar-refractivity contribution in [3.63, 3.8) is 0 Å². The van der Waals surface area contributed by atoms with E-state index in [4.69, 9.17) is 0 Å². The topological polar surface area (TPSA) is 0 Å². The van der Waals surface area contributed by atoms with Crippen LogP contribution in [0.25, 0.3) is 0 Å². The smallest absolute Gasteiger partial charge is 0.0535 e. The standard InChI is InChI=1S/C8H19BrSi/c1-4-10(5-2,6-3)8-7-9/h4-8H2,1-3H3. The van der Waals surface area contributed by atoms with Crippen molar-refractivity contribution in [2.45, 2.75) is 44.9 Å². The van der Waals surface area contributed by atoms with Crippen LogP contribution in [-0.2, 0) is 0 Å². The molecule has 0 aliphatic carbocycles. The fourth-order valence-electron chi connectivity index (χ4n) is 1.48. The second kappa shape index (κ2) is 5.36. The van der Waals surface area contributed by atoms with Crippen molar-refractivity contribution >= 4 is 24.0 Å². The minimum absolute atomic E-state index is 0.764. The molecule has 0 aromatic heterocycles. The number of alkyl halides is 1. The van der Waals surface area contributed by atoms with E-state index in [1.54, 1.807) is 0 Å². The Bertz CT molecular complexity index is 71.1. The van der Waals surface area contributed by atoms with Gasteiger partial charge < -0.3 is 0 Å². The molecule has 0 N–H and O–H groups in total. The lowest BCUT2D eigenvalue weighted by Crippen LogP contribution is -2.31. The van der Waals surface area contributed by atoms with Crippen molar-refractivity contribution in [3.8, 4) is 0 Å². The molecule has 0 unspecified atom stereocenters. The van der Waals surface area contributed by atoms with Crippen LogP contribution >= 0.6 is 15.9 Å². The first kappa shape index (κ1) is 10.7. The van der Waals surface area contributed by atoms with Gasteiger partial charge in [-0.25, -0.2) is 0 Å². The maximum atomic E-state index is 3.54. The lowest BCUT2D eigenvalue weighted by Gasteiger charge is -2.26. The SMILES string of the molecule is CC[Si](CC)(CC)CCBr. The third kappa shape index (κ3) is 2.75. The highest BCUT2D eigenvalue weighted by Crippen LogP contribution is 2.25. The molecule has 0 aromatic carbocycles. The summed E-state index contributed by atoms with van der Waals surface area (Å²) in [4.78, 5) is 0. The average molecular weight is 223 g/mol. The van der Waals surface area contributed by atoms with Crippen LogP contribution in [0.4, 0.5) is 0 Å². The van der Waals surface area contributed by atoms with E-state index in [1.165, 1.54) is 29.5 Å². The molecule has 0 spiro atoms. The van der Waals surface area contributed by atoms with Gasteiger partial charge in [-0.2, -0.15) is 0 Å². The molecule has 2 heteroatoms. The molecule has 0 fully saturated rings.